The zero-order valence-corrected chi connectivity index (χ0v) is 18.3. The molecule has 0 atom stereocenters. The van der Waals surface area contributed by atoms with Crippen molar-refractivity contribution in [3.8, 4) is 24.7 Å². The fraction of sp³-hybridized carbons (Fsp3) is 0.0741. The van der Waals surface area contributed by atoms with Crippen molar-refractivity contribution in [3.05, 3.63) is 94.5 Å². The molecule has 0 saturated heterocycles. The van der Waals surface area contributed by atoms with Crippen LogP contribution in [-0.2, 0) is 0 Å². The standard InChI is InChI=1S/C27H22N4O2/c1-5-19-9-14-23(15-10-19)29-27(33)24-17-20(6-2)11-16-25(24)30-26(32)22-12-7-21(8-13-22)18-28-31(3)4/h1-2,7-18H,3-4H3,(H,29,33)(H,30,32). The molecule has 3 aromatic carbocycles. The lowest BCUT2D eigenvalue weighted by molar-refractivity contribution is 0.102. The number of terminal acetylenes is 2. The van der Waals surface area contributed by atoms with Gasteiger partial charge in [-0.3, -0.25) is 9.59 Å². The average Bonchev–Trinajstić information content (AvgIpc) is 2.83. The van der Waals surface area contributed by atoms with E-state index in [-0.39, 0.29) is 11.5 Å². The van der Waals surface area contributed by atoms with Gasteiger partial charge in [0.05, 0.1) is 17.5 Å². The number of hydrogen-bond donors (Lipinski definition) is 2. The van der Waals surface area contributed by atoms with Crippen LogP contribution >= 0.6 is 0 Å². The molecule has 0 aliphatic rings. The highest BCUT2D eigenvalue weighted by Crippen LogP contribution is 2.21. The van der Waals surface area contributed by atoms with Crippen molar-refractivity contribution in [1.29, 1.82) is 0 Å². The minimum Gasteiger partial charge on any atom is -0.322 e. The van der Waals surface area contributed by atoms with Crippen molar-refractivity contribution in [2.24, 2.45) is 5.10 Å². The van der Waals surface area contributed by atoms with Crippen molar-refractivity contribution < 1.29 is 9.59 Å². The Labute approximate surface area is 193 Å². The molecule has 0 spiro atoms. The molecule has 162 valence electrons. The number of hydrazone groups is 1. The summed E-state index contributed by atoms with van der Waals surface area (Å²) < 4.78 is 0. The molecule has 2 amide bonds. The maximum atomic E-state index is 13.0. The van der Waals surface area contributed by atoms with Crippen LogP contribution in [0, 0.1) is 24.7 Å². The molecule has 0 heterocycles. The number of carbonyl (C=O) groups excluding carboxylic acids is 2. The molecule has 6 heteroatoms. The predicted octanol–water partition coefficient (Wildman–Crippen LogP) is 4.05. The van der Waals surface area contributed by atoms with E-state index >= 15 is 0 Å². The van der Waals surface area contributed by atoms with Crippen LogP contribution in [0.2, 0.25) is 0 Å². The maximum absolute atomic E-state index is 13.0. The molecule has 0 unspecified atom stereocenters. The van der Waals surface area contributed by atoms with Crippen LogP contribution in [0.1, 0.15) is 37.4 Å². The summed E-state index contributed by atoms with van der Waals surface area (Å²) in [7, 11) is 3.65. The van der Waals surface area contributed by atoms with Crippen molar-refractivity contribution in [1.82, 2.24) is 5.01 Å². The molecule has 6 nitrogen and oxygen atoms in total. The highest BCUT2D eigenvalue weighted by molar-refractivity contribution is 6.12. The molecule has 0 saturated carbocycles. The van der Waals surface area contributed by atoms with E-state index in [1.165, 1.54) is 0 Å². The van der Waals surface area contributed by atoms with Gasteiger partial charge in [0, 0.05) is 36.5 Å². The van der Waals surface area contributed by atoms with E-state index in [0.29, 0.717) is 28.1 Å². The molecule has 0 bridgehead atoms. The summed E-state index contributed by atoms with van der Waals surface area (Å²) in [6, 6.07) is 18.6. The fourth-order valence-electron chi connectivity index (χ4n) is 2.88. The minimum absolute atomic E-state index is 0.245. The van der Waals surface area contributed by atoms with E-state index in [2.05, 4.69) is 27.6 Å². The van der Waals surface area contributed by atoms with Gasteiger partial charge in [0.25, 0.3) is 11.8 Å². The highest BCUT2D eigenvalue weighted by Gasteiger charge is 2.16. The molecule has 0 aliphatic heterocycles. The van der Waals surface area contributed by atoms with E-state index in [0.717, 1.165) is 5.56 Å². The zero-order chi connectivity index (χ0) is 23.8. The Balaban J connectivity index is 1.81. The van der Waals surface area contributed by atoms with Crippen LogP contribution in [0.25, 0.3) is 0 Å². The summed E-state index contributed by atoms with van der Waals surface area (Å²) in [4.78, 5) is 25.8. The van der Waals surface area contributed by atoms with Crippen molar-refractivity contribution in [2.45, 2.75) is 0 Å². The summed E-state index contributed by atoms with van der Waals surface area (Å²) in [6.45, 7) is 0. The number of rotatable bonds is 6. The van der Waals surface area contributed by atoms with Crippen molar-refractivity contribution >= 4 is 29.4 Å². The van der Waals surface area contributed by atoms with E-state index in [1.54, 1.807) is 78.0 Å². The average molecular weight is 434 g/mol. The molecule has 3 aromatic rings. The van der Waals surface area contributed by atoms with Crippen LogP contribution in [0.4, 0.5) is 11.4 Å². The lowest BCUT2D eigenvalue weighted by Crippen LogP contribution is -2.18. The second kappa shape index (κ2) is 10.5. The van der Waals surface area contributed by atoms with Gasteiger partial charge in [-0.05, 0) is 60.2 Å². The molecule has 0 fully saturated rings. The van der Waals surface area contributed by atoms with E-state index in [4.69, 9.17) is 12.8 Å². The highest BCUT2D eigenvalue weighted by atomic mass is 16.2. The van der Waals surface area contributed by atoms with E-state index in [1.807, 2.05) is 14.1 Å². The first kappa shape index (κ1) is 22.9. The Morgan fingerprint density at radius 2 is 1.48 bits per heavy atom. The second-order valence-corrected chi connectivity index (χ2v) is 7.25. The SMILES string of the molecule is C#Cc1ccc(NC(=O)c2cc(C#C)ccc2NC(=O)c2ccc(C=NN(C)C)cc2)cc1. The number of benzene rings is 3. The van der Waals surface area contributed by atoms with Crippen LogP contribution in [0.3, 0.4) is 0 Å². The Kier molecular flexibility index (Phi) is 7.26. The minimum atomic E-state index is -0.411. The zero-order valence-electron chi connectivity index (χ0n) is 18.3. The summed E-state index contributed by atoms with van der Waals surface area (Å²) in [6.07, 6.45) is 12.6. The van der Waals surface area contributed by atoms with Gasteiger partial charge in [-0.15, -0.1) is 12.8 Å². The molecule has 3 rings (SSSR count). The number of anilines is 2. The summed E-state index contributed by atoms with van der Waals surface area (Å²) >= 11 is 0. The first-order chi connectivity index (χ1) is 15.9. The fourth-order valence-corrected chi connectivity index (χ4v) is 2.88. The normalized spacial score (nSPS) is 10.2. The summed E-state index contributed by atoms with van der Waals surface area (Å²) in [5.41, 5.74) is 3.67. The molecule has 2 N–H and O–H groups in total. The molecular weight excluding hydrogens is 412 g/mol. The maximum Gasteiger partial charge on any atom is 0.257 e. The van der Waals surface area contributed by atoms with E-state index < -0.39 is 5.91 Å². The number of amides is 2. The molecule has 0 aliphatic carbocycles. The van der Waals surface area contributed by atoms with Crippen LogP contribution in [0.15, 0.2) is 71.8 Å². The van der Waals surface area contributed by atoms with Gasteiger partial charge in [-0.2, -0.15) is 5.10 Å². The lowest BCUT2D eigenvalue weighted by Gasteiger charge is -2.13. The second-order valence-electron chi connectivity index (χ2n) is 7.25. The van der Waals surface area contributed by atoms with Crippen LogP contribution in [0.5, 0.6) is 0 Å². The third-order valence-corrected chi connectivity index (χ3v) is 4.60. The van der Waals surface area contributed by atoms with Gasteiger partial charge in [-0.25, -0.2) is 0 Å². The molecule has 33 heavy (non-hydrogen) atoms. The largest absolute Gasteiger partial charge is 0.322 e. The van der Waals surface area contributed by atoms with Gasteiger partial charge in [0.15, 0.2) is 0 Å². The predicted molar refractivity (Wildman–Crippen MR) is 132 cm³/mol. The smallest absolute Gasteiger partial charge is 0.257 e. The first-order valence-corrected chi connectivity index (χ1v) is 10.0. The number of nitrogens with one attached hydrogen (secondary N) is 2. The number of hydrogen-bond acceptors (Lipinski definition) is 4. The Bertz CT molecular complexity index is 1280. The molecular formula is C27H22N4O2. The molecule has 0 radical (unpaired) electrons. The Morgan fingerprint density at radius 3 is 2.09 bits per heavy atom. The van der Waals surface area contributed by atoms with Crippen LogP contribution < -0.4 is 10.6 Å². The van der Waals surface area contributed by atoms with Gasteiger partial charge >= 0.3 is 0 Å². The monoisotopic (exact) mass is 434 g/mol. The Hall–Kier alpha value is -4.81. The third-order valence-electron chi connectivity index (χ3n) is 4.60. The summed E-state index contributed by atoms with van der Waals surface area (Å²) in [5, 5.41) is 11.4. The Morgan fingerprint density at radius 1 is 0.848 bits per heavy atom. The van der Waals surface area contributed by atoms with Gasteiger partial charge in [0.1, 0.15) is 0 Å². The topological polar surface area (TPSA) is 73.8 Å². The van der Waals surface area contributed by atoms with Gasteiger partial charge in [-0.1, -0.05) is 24.0 Å². The van der Waals surface area contributed by atoms with Crippen molar-refractivity contribution in [2.75, 3.05) is 24.7 Å². The van der Waals surface area contributed by atoms with Crippen molar-refractivity contribution in [3.63, 3.8) is 0 Å². The lowest BCUT2D eigenvalue weighted by atomic mass is 10.1. The molecule has 0 aromatic heterocycles. The van der Waals surface area contributed by atoms with Crippen LogP contribution in [-0.4, -0.2) is 37.1 Å². The van der Waals surface area contributed by atoms with Gasteiger partial charge in [0.2, 0.25) is 0 Å². The summed E-state index contributed by atoms with van der Waals surface area (Å²) in [5.74, 6) is 4.27. The van der Waals surface area contributed by atoms with Gasteiger partial charge < -0.3 is 15.6 Å². The third kappa shape index (κ3) is 6.10. The van der Waals surface area contributed by atoms with E-state index in [9.17, 15) is 9.59 Å². The quantitative estimate of drug-likeness (QED) is 0.349. The number of nitrogens with zero attached hydrogens (tertiary/aromatic N) is 2. The number of carbonyl (C=O) groups is 2. The first-order valence-electron chi connectivity index (χ1n) is 10.0.